The third-order valence-electron chi connectivity index (χ3n) is 2.67. The van der Waals surface area contributed by atoms with E-state index < -0.39 is 0 Å². The van der Waals surface area contributed by atoms with E-state index in [9.17, 15) is 4.79 Å². The Labute approximate surface area is 115 Å². The van der Waals surface area contributed by atoms with Crippen LogP contribution < -0.4 is 5.56 Å². The molecule has 0 aliphatic heterocycles. The smallest absolute Gasteiger partial charge is 0.264 e. The first-order valence-corrected chi connectivity index (χ1v) is 6.92. The summed E-state index contributed by atoms with van der Waals surface area (Å²) in [4.78, 5) is 17.6. The highest BCUT2D eigenvalue weighted by atomic mass is 79.9. The molecule has 0 saturated carbocycles. The van der Waals surface area contributed by atoms with Crippen molar-refractivity contribution < 1.29 is 0 Å². The zero-order valence-corrected chi connectivity index (χ0v) is 11.9. The van der Waals surface area contributed by atoms with Gasteiger partial charge in [-0.05, 0) is 22.0 Å². The quantitative estimate of drug-likeness (QED) is 0.724. The highest BCUT2D eigenvalue weighted by Gasteiger charge is 2.08. The molecule has 0 aliphatic carbocycles. The molecule has 0 fully saturated rings. The lowest BCUT2D eigenvalue weighted by atomic mass is 10.4. The molecule has 0 aliphatic rings. The Balaban J connectivity index is 2.07. The van der Waals surface area contributed by atoms with Gasteiger partial charge in [-0.2, -0.15) is 5.10 Å². The predicted molar refractivity (Wildman–Crippen MR) is 73.9 cm³/mol. The molecule has 7 heteroatoms. The fourth-order valence-corrected chi connectivity index (χ4v) is 3.23. The van der Waals surface area contributed by atoms with Crippen LogP contribution in [0.25, 0.3) is 11.0 Å². The van der Waals surface area contributed by atoms with Crippen LogP contribution >= 0.6 is 27.3 Å². The van der Waals surface area contributed by atoms with E-state index in [1.165, 1.54) is 0 Å². The van der Waals surface area contributed by atoms with E-state index in [-0.39, 0.29) is 5.56 Å². The molecular weight excluding hydrogens is 316 g/mol. The van der Waals surface area contributed by atoms with E-state index in [1.54, 1.807) is 40.2 Å². The Morgan fingerprint density at radius 3 is 3.06 bits per heavy atom. The van der Waals surface area contributed by atoms with Crippen LogP contribution in [0.4, 0.5) is 0 Å². The van der Waals surface area contributed by atoms with Crippen LogP contribution in [0.3, 0.4) is 0 Å². The second kappa shape index (κ2) is 4.33. The minimum absolute atomic E-state index is 0.0578. The van der Waals surface area contributed by atoms with Crippen LogP contribution in [0, 0.1) is 0 Å². The van der Waals surface area contributed by atoms with Crippen molar-refractivity contribution in [1.29, 1.82) is 0 Å². The lowest BCUT2D eigenvalue weighted by molar-refractivity contribution is 0.744. The summed E-state index contributed by atoms with van der Waals surface area (Å²) in [7, 11) is 1.77. The molecule has 3 aromatic heterocycles. The Kier molecular flexibility index (Phi) is 2.79. The average Bonchev–Trinajstić information content (AvgIpc) is 2.91. The number of aromatic nitrogens is 4. The van der Waals surface area contributed by atoms with Crippen molar-refractivity contribution in [3.8, 4) is 0 Å². The number of thiophene rings is 1. The maximum atomic E-state index is 12.2. The Morgan fingerprint density at radius 2 is 2.33 bits per heavy atom. The number of halogens is 1. The Hall–Kier alpha value is -1.47. The maximum Gasteiger partial charge on any atom is 0.264 e. The second-order valence-electron chi connectivity index (χ2n) is 3.91. The molecule has 0 unspecified atom stereocenters. The van der Waals surface area contributed by atoms with Crippen LogP contribution in [0.2, 0.25) is 0 Å². The maximum absolute atomic E-state index is 12.2. The SMILES string of the molecule is Cn1ncc2c(=O)n(Cc3cc(Br)cs3)cnc21. The Bertz CT molecular complexity index is 773. The lowest BCUT2D eigenvalue weighted by Gasteiger charge is -2.02. The van der Waals surface area contributed by atoms with Gasteiger partial charge < -0.3 is 0 Å². The number of hydrogen-bond donors (Lipinski definition) is 0. The predicted octanol–water partition coefficient (Wildman–Crippen LogP) is 2.00. The minimum Gasteiger partial charge on any atom is -0.293 e. The molecule has 5 nitrogen and oxygen atoms in total. The molecule has 0 radical (unpaired) electrons. The third kappa shape index (κ3) is 1.89. The van der Waals surface area contributed by atoms with E-state index in [0.717, 1.165) is 9.35 Å². The summed E-state index contributed by atoms with van der Waals surface area (Å²) < 4.78 is 4.23. The number of hydrogen-bond acceptors (Lipinski definition) is 4. The first kappa shape index (κ1) is 11.6. The van der Waals surface area contributed by atoms with Gasteiger partial charge in [0.05, 0.1) is 12.7 Å². The van der Waals surface area contributed by atoms with E-state index in [4.69, 9.17) is 0 Å². The molecule has 3 aromatic rings. The highest BCUT2D eigenvalue weighted by Crippen LogP contribution is 2.20. The van der Waals surface area contributed by atoms with Gasteiger partial charge in [0, 0.05) is 21.8 Å². The molecular formula is C11H9BrN4OS. The topological polar surface area (TPSA) is 52.7 Å². The minimum atomic E-state index is -0.0578. The zero-order valence-electron chi connectivity index (χ0n) is 9.50. The van der Waals surface area contributed by atoms with Crippen LogP contribution in [-0.4, -0.2) is 19.3 Å². The van der Waals surface area contributed by atoms with Gasteiger partial charge in [0.25, 0.3) is 5.56 Å². The number of rotatable bonds is 2. The molecule has 0 aromatic carbocycles. The first-order valence-electron chi connectivity index (χ1n) is 5.25. The molecule has 0 N–H and O–H groups in total. The zero-order chi connectivity index (χ0) is 12.7. The van der Waals surface area contributed by atoms with Gasteiger partial charge >= 0.3 is 0 Å². The van der Waals surface area contributed by atoms with Crippen LogP contribution in [-0.2, 0) is 13.6 Å². The average molecular weight is 325 g/mol. The standard InChI is InChI=1S/C11H9BrN4OS/c1-15-10-9(3-14-15)11(17)16(6-13-10)4-8-2-7(12)5-18-8/h2-3,5-6H,4H2,1H3. The highest BCUT2D eigenvalue weighted by molar-refractivity contribution is 9.10. The van der Waals surface area contributed by atoms with Crippen molar-refractivity contribution in [2.24, 2.45) is 7.05 Å². The normalized spacial score (nSPS) is 11.2. The van der Waals surface area contributed by atoms with E-state index in [1.807, 2.05) is 11.4 Å². The molecule has 0 amide bonds. The molecule has 3 rings (SSSR count). The van der Waals surface area contributed by atoms with Crippen molar-refractivity contribution in [3.05, 3.63) is 43.7 Å². The lowest BCUT2D eigenvalue weighted by Crippen LogP contribution is -2.20. The number of aryl methyl sites for hydroxylation is 1. The number of fused-ring (bicyclic) bond motifs is 1. The summed E-state index contributed by atoms with van der Waals surface area (Å²) in [5, 5.41) is 6.59. The van der Waals surface area contributed by atoms with Crippen molar-refractivity contribution >= 4 is 38.3 Å². The first-order chi connectivity index (χ1) is 8.65. The van der Waals surface area contributed by atoms with Gasteiger partial charge in [-0.15, -0.1) is 11.3 Å². The molecule has 0 atom stereocenters. The Morgan fingerprint density at radius 1 is 1.50 bits per heavy atom. The summed E-state index contributed by atoms with van der Waals surface area (Å²) in [6.45, 7) is 0.535. The number of nitrogens with zero attached hydrogens (tertiary/aromatic N) is 4. The molecule has 0 saturated heterocycles. The third-order valence-corrected chi connectivity index (χ3v) is 4.35. The summed E-state index contributed by atoms with van der Waals surface area (Å²) in [5.41, 5.74) is 0.557. The summed E-state index contributed by atoms with van der Waals surface area (Å²) in [5.74, 6) is 0. The summed E-state index contributed by atoms with van der Waals surface area (Å²) in [6, 6.07) is 2.00. The molecule has 3 heterocycles. The fourth-order valence-electron chi connectivity index (χ4n) is 1.78. The van der Waals surface area contributed by atoms with Gasteiger partial charge in [0.1, 0.15) is 11.7 Å². The largest absolute Gasteiger partial charge is 0.293 e. The van der Waals surface area contributed by atoms with Crippen molar-refractivity contribution in [2.45, 2.75) is 6.54 Å². The van der Waals surface area contributed by atoms with Gasteiger partial charge in [-0.25, -0.2) is 4.98 Å². The monoisotopic (exact) mass is 324 g/mol. The van der Waals surface area contributed by atoms with Crippen molar-refractivity contribution in [2.75, 3.05) is 0 Å². The van der Waals surface area contributed by atoms with Gasteiger partial charge in [0.15, 0.2) is 5.65 Å². The summed E-state index contributed by atoms with van der Waals surface area (Å²) in [6.07, 6.45) is 3.13. The van der Waals surface area contributed by atoms with E-state index >= 15 is 0 Å². The van der Waals surface area contributed by atoms with Gasteiger partial charge in [-0.3, -0.25) is 14.0 Å². The summed E-state index contributed by atoms with van der Waals surface area (Å²) >= 11 is 5.01. The van der Waals surface area contributed by atoms with Crippen molar-refractivity contribution in [1.82, 2.24) is 19.3 Å². The molecule has 0 bridgehead atoms. The molecule has 92 valence electrons. The fraction of sp³-hybridized carbons (Fsp3) is 0.182. The van der Waals surface area contributed by atoms with Crippen molar-refractivity contribution in [3.63, 3.8) is 0 Å². The van der Waals surface area contributed by atoms with Gasteiger partial charge in [0.2, 0.25) is 0 Å². The van der Waals surface area contributed by atoms with Gasteiger partial charge in [-0.1, -0.05) is 0 Å². The molecule has 18 heavy (non-hydrogen) atoms. The van der Waals surface area contributed by atoms with Crippen LogP contribution in [0.15, 0.2) is 33.2 Å². The van der Waals surface area contributed by atoms with Crippen LogP contribution in [0.1, 0.15) is 4.88 Å². The molecule has 0 spiro atoms. The van der Waals surface area contributed by atoms with E-state index in [0.29, 0.717) is 17.6 Å². The van der Waals surface area contributed by atoms with E-state index in [2.05, 4.69) is 26.0 Å². The van der Waals surface area contributed by atoms with Crippen LogP contribution in [0.5, 0.6) is 0 Å². The second-order valence-corrected chi connectivity index (χ2v) is 5.83.